The first kappa shape index (κ1) is 12.2. The van der Waals surface area contributed by atoms with Gasteiger partial charge in [0.25, 0.3) is 0 Å². The summed E-state index contributed by atoms with van der Waals surface area (Å²) >= 11 is 0. The summed E-state index contributed by atoms with van der Waals surface area (Å²) in [5.74, 6) is -2.02. The third-order valence-corrected chi connectivity index (χ3v) is 3.39. The average Bonchev–Trinajstić information content (AvgIpc) is 2.84. The van der Waals surface area contributed by atoms with Crippen LogP contribution in [0.25, 0.3) is 0 Å². The van der Waals surface area contributed by atoms with Crippen LogP contribution >= 0.6 is 0 Å². The molecule has 0 radical (unpaired) electrons. The van der Waals surface area contributed by atoms with Crippen molar-refractivity contribution in [2.45, 2.75) is 36.9 Å². The zero-order valence-corrected chi connectivity index (χ0v) is 9.12. The lowest BCUT2D eigenvalue weighted by Crippen LogP contribution is -2.46. The number of aliphatic hydroxyl groups is 4. The molecule has 2 rings (SSSR count). The molecule has 6 heteroatoms. The van der Waals surface area contributed by atoms with Crippen LogP contribution < -0.4 is 0 Å². The molecule has 0 amide bonds. The Morgan fingerprint density at radius 2 is 1.88 bits per heavy atom. The first-order valence-corrected chi connectivity index (χ1v) is 5.66. The molecule has 16 heavy (non-hydrogen) atoms. The van der Waals surface area contributed by atoms with Crippen LogP contribution in [0.1, 0.15) is 12.8 Å². The Hall–Kier alpha value is -0.240. The van der Waals surface area contributed by atoms with Gasteiger partial charge in [-0.15, -0.1) is 0 Å². The fourth-order valence-electron chi connectivity index (χ4n) is 2.37. The molecule has 2 aliphatic rings. The minimum atomic E-state index is -2.02. The van der Waals surface area contributed by atoms with Gasteiger partial charge < -0.3 is 30.1 Å². The summed E-state index contributed by atoms with van der Waals surface area (Å²) in [7, 11) is 0. The minimum absolute atomic E-state index is 0.473. The van der Waals surface area contributed by atoms with Gasteiger partial charge in [0.2, 0.25) is 5.79 Å². The van der Waals surface area contributed by atoms with Crippen LogP contribution in [0.15, 0.2) is 0 Å². The van der Waals surface area contributed by atoms with Gasteiger partial charge in [0.15, 0.2) is 0 Å². The Bertz CT molecular complexity index is 245. The Labute approximate surface area is 94.1 Å². The van der Waals surface area contributed by atoms with Crippen molar-refractivity contribution < 1.29 is 25.2 Å². The van der Waals surface area contributed by atoms with E-state index >= 15 is 0 Å². The van der Waals surface area contributed by atoms with E-state index in [0.29, 0.717) is 6.54 Å². The van der Waals surface area contributed by atoms with Crippen LogP contribution in [0.5, 0.6) is 0 Å². The molecule has 2 aliphatic heterocycles. The summed E-state index contributed by atoms with van der Waals surface area (Å²) in [5.41, 5.74) is 0. The zero-order chi connectivity index (χ0) is 11.8. The lowest BCUT2D eigenvalue weighted by molar-refractivity contribution is -0.246. The first-order chi connectivity index (χ1) is 7.57. The largest absolute Gasteiger partial charge is 0.391 e. The normalized spacial score (nSPS) is 45.4. The molecule has 0 spiro atoms. The highest BCUT2D eigenvalue weighted by Gasteiger charge is 2.53. The van der Waals surface area contributed by atoms with Crippen molar-refractivity contribution in [2.24, 2.45) is 0 Å². The zero-order valence-electron chi connectivity index (χ0n) is 9.12. The van der Waals surface area contributed by atoms with E-state index in [1.807, 2.05) is 0 Å². The molecule has 0 aromatic carbocycles. The standard InChI is InChI=1S/C10H19NO5/c12-6-10(15)9(14)8(13)7(16-10)5-11-3-1-2-4-11/h7-9,12-15H,1-6H2/t7-,8+,9-,10+/m0/s1. The van der Waals surface area contributed by atoms with E-state index in [1.165, 1.54) is 0 Å². The highest BCUT2D eigenvalue weighted by atomic mass is 16.7. The van der Waals surface area contributed by atoms with Gasteiger partial charge in [0, 0.05) is 6.54 Å². The summed E-state index contributed by atoms with van der Waals surface area (Å²) in [6.45, 7) is 1.64. The highest BCUT2D eigenvalue weighted by Crippen LogP contribution is 2.29. The number of rotatable bonds is 3. The fourth-order valence-corrected chi connectivity index (χ4v) is 2.37. The van der Waals surface area contributed by atoms with Gasteiger partial charge in [-0.1, -0.05) is 0 Å². The van der Waals surface area contributed by atoms with Crippen LogP contribution in [-0.4, -0.2) is 75.7 Å². The average molecular weight is 233 g/mol. The minimum Gasteiger partial charge on any atom is -0.391 e. The maximum Gasteiger partial charge on any atom is 0.219 e. The Balaban J connectivity index is 1.96. The van der Waals surface area contributed by atoms with Crippen molar-refractivity contribution in [3.05, 3.63) is 0 Å². The number of aliphatic hydroxyl groups excluding tert-OH is 3. The van der Waals surface area contributed by atoms with Crippen molar-refractivity contribution in [3.8, 4) is 0 Å². The fraction of sp³-hybridized carbons (Fsp3) is 1.00. The highest BCUT2D eigenvalue weighted by molar-refractivity contribution is 4.96. The third kappa shape index (κ3) is 2.09. The molecule has 0 aromatic rings. The number of likely N-dealkylation sites (tertiary alicyclic amines) is 1. The number of hydrogen-bond acceptors (Lipinski definition) is 6. The van der Waals surface area contributed by atoms with E-state index in [4.69, 9.17) is 9.84 Å². The summed E-state index contributed by atoms with van der Waals surface area (Å²) in [6, 6.07) is 0. The number of nitrogens with zero attached hydrogens (tertiary/aromatic N) is 1. The predicted molar refractivity (Wildman–Crippen MR) is 54.6 cm³/mol. The molecule has 0 aromatic heterocycles. The van der Waals surface area contributed by atoms with Crippen molar-refractivity contribution >= 4 is 0 Å². The Morgan fingerprint density at radius 1 is 1.25 bits per heavy atom. The van der Waals surface area contributed by atoms with E-state index in [1.54, 1.807) is 0 Å². The maximum atomic E-state index is 9.71. The number of hydrogen-bond donors (Lipinski definition) is 4. The van der Waals surface area contributed by atoms with Gasteiger partial charge in [0.1, 0.15) is 18.3 Å². The first-order valence-electron chi connectivity index (χ1n) is 5.66. The second-order valence-corrected chi connectivity index (χ2v) is 4.60. The Morgan fingerprint density at radius 3 is 2.38 bits per heavy atom. The lowest BCUT2D eigenvalue weighted by Gasteiger charge is -2.24. The van der Waals surface area contributed by atoms with Gasteiger partial charge in [-0.3, -0.25) is 0 Å². The van der Waals surface area contributed by atoms with Crippen molar-refractivity contribution in [1.82, 2.24) is 4.90 Å². The van der Waals surface area contributed by atoms with Gasteiger partial charge in [-0.2, -0.15) is 0 Å². The smallest absolute Gasteiger partial charge is 0.219 e. The summed E-state index contributed by atoms with van der Waals surface area (Å²) in [6.07, 6.45) is -1.02. The summed E-state index contributed by atoms with van der Waals surface area (Å²) in [4.78, 5) is 2.11. The topological polar surface area (TPSA) is 93.4 Å². The van der Waals surface area contributed by atoms with E-state index in [0.717, 1.165) is 25.9 Å². The Kier molecular flexibility index (Phi) is 3.48. The molecule has 4 atom stereocenters. The molecule has 2 heterocycles. The molecular weight excluding hydrogens is 214 g/mol. The molecule has 4 N–H and O–H groups in total. The second kappa shape index (κ2) is 4.56. The van der Waals surface area contributed by atoms with Crippen molar-refractivity contribution in [2.75, 3.05) is 26.2 Å². The van der Waals surface area contributed by atoms with E-state index in [9.17, 15) is 15.3 Å². The molecule has 0 unspecified atom stereocenters. The molecule has 2 saturated heterocycles. The quantitative estimate of drug-likeness (QED) is 0.445. The third-order valence-electron chi connectivity index (χ3n) is 3.39. The molecule has 0 bridgehead atoms. The summed E-state index contributed by atoms with van der Waals surface area (Å²) < 4.78 is 5.15. The monoisotopic (exact) mass is 233 g/mol. The van der Waals surface area contributed by atoms with Crippen molar-refractivity contribution in [1.29, 1.82) is 0 Å². The molecule has 6 nitrogen and oxygen atoms in total. The van der Waals surface area contributed by atoms with Gasteiger partial charge in [-0.05, 0) is 25.9 Å². The van der Waals surface area contributed by atoms with Gasteiger partial charge >= 0.3 is 0 Å². The summed E-state index contributed by atoms with van der Waals surface area (Å²) in [5, 5.41) is 37.9. The van der Waals surface area contributed by atoms with Crippen LogP contribution in [0.4, 0.5) is 0 Å². The molecular formula is C10H19NO5. The van der Waals surface area contributed by atoms with Crippen molar-refractivity contribution in [3.63, 3.8) is 0 Å². The number of ether oxygens (including phenoxy) is 1. The van der Waals surface area contributed by atoms with Crippen LogP contribution in [-0.2, 0) is 4.74 Å². The predicted octanol–water partition coefficient (Wildman–Crippen LogP) is -2.12. The van der Waals surface area contributed by atoms with Gasteiger partial charge in [-0.25, -0.2) is 0 Å². The molecule has 2 fully saturated rings. The van der Waals surface area contributed by atoms with E-state index in [2.05, 4.69) is 4.90 Å². The van der Waals surface area contributed by atoms with Crippen LogP contribution in [0.3, 0.4) is 0 Å². The SMILES string of the molecule is OC[C@@]1(O)O[C@@H](CN2CCCC2)[C@@H](O)[C@@H]1O. The van der Waals surface area contributed by atoms with Crippen LogP contribution in [0.2, 0.25) is 0 Å². The second-order valence-electron chi connectivity index (χ2n) is 4.60. The molecule has 0 aliphatic carbocycles. The van der Waals surface area contributed by atoms with Gasteiger partial charge in [0.05, 0.1) is 6.61 Å². The van der Waals surface area contributed by atoms with Crippen LogP contribution in [0, 0.1) is 0 Å². The maximum absolute atomic E-state index is 9.71. The van der Waals surface area contributed by atoms with E-state index in [-0.39, 0.29) is 0 Å². The van der Waals surface area contributed by atoms with E-state index < -0.39 is 30.7 Å². The lowest BCUT2D eigenvalue weighted by atomic mass is 10.1. The molecule has 0 saturated carbocycles. The molecule has 94 valence electrons.